The van der Waals surface area contributed by atoms with Crippen molar-refractivity contribution in [2.45, 2.75) is 45.1 Å². The summed E-state index contributed by atoms with van der Waals surface area (Å²) in [6.45, 7) is 4.04. The number of hydrogen-bond donors (Lipinski definition) is 1. The van der Waals surface area contributed by atoms with Gasteiger partial charge in [-0.05, 0) is 25.7 Å². The van der Waals surface area contributed by atoms with Crippen LogP contribution in [-0.2, 0) is 14.3 Å². The number of amides is 1. The Labute approximate surface area is 113 Å². The zero-order chi connectivity index (χ0) is 13.8. The maximum Gasteiger partial charge on any atom is 0.307 e. The largest absolute Gasteiger partial charge is 0.481 e. The Kier molecular flexibility index (Phi) is 4.80. The number of hydrogen-bond acceptors (Lipinski definition) is 3. The molecule has 1 N–H and O–H groups in total. The number of carboxylic acids is 1. The van der Waals surface area contributed by atoms with Crippen LogP contribution in [0.1, 0.15) is 39.0 Å². The Morgan fingerprint density at radius 3 is 2.68 bits per heavy atom. The lowest BCUT2D eigenvalue weighted by atomic mass is 9.94. The predicted molar refractivity (Wildman–Crippen MR) is 69.7 cm³/mol. The number of nitrogens with zero attached hydrogens (tertiary/aromatic N) is 1. The van der Waals surface area contributed by atoms with Crippen molar-refractivity contribution in [2.24, 2.45) is 11.8 Å². The number of rotatable bonds is 3. The molecule has 0 radical (unpaired) electrons. The van der Waals surface area contributed by atoms with Gasteiger partial charge in [0.2, 0.25) is 5.91 Å². The summed E-state index contributed by atoms with van der Waals surface area (Å²) in [6.07, 6.45) is 4.01. The smallest absolute Gasteiger partial charge is 0.307 e. The number of carbonyl (C=O) groups excluding carboxylic acids is 1. The van der Waals surface area contributed by atoms with Crippen LogP contribution in [0.2, 0.25) is 0 Å². The summed E-state index contributed by atoms with van der Waals surface area (Å²) < 4.78 is 5.66. The molecular formula is C14H23NO4. The molecule has 1 saturated carbocycles. The molecule has 2 aliphatic rings. The molecule has 1 aliphatic heterocycles. The number of carbonyl (C=O) groups is 2. The highest BCUT2D eigenvalue weighted by Crippen LogP contribution is 2.33. The van der Waals surface area contributed by atoms with E-state index in [9.17, 15) is 14.7 Å². The van der Waals surface area contributed by atoms with Gasteiger partial charge in [-0.1, -0.05) is 13.3 Å². The molecule has 2 fully saturated rings. The second-order valence-corrected chi connectivity index (χ2v) is 5.52. The first-order valence-electron chi connectivity index (χ1n) is 7.26. The topological polar surface area (TPSA) is 66.8 Å². The fourth-order valence-electron chi connectivity index (χ4n) is 3.13. The molecule has 0 aromatic rings. The van der Waals surface area contributed by atoms with Gasteiger partial charge in [0.05, 0.1) is 17.9 Å². The van der Waals surface area contributed by atoms with Gasteiger partial charge in [0, 0.05) is 19.7 Å². The lowest BCUT2D eigenvalue weighted by Gasteiger charge is -2.27. The number of carboxylic acid groups (broad SMARTS) is 1. The van der Waals surface area contributed by atoms with Gasteiger partial charge < -0.3 is 14.7 Å². The van der Waals surface area contributed by atoms with Crippen LogP contribution in [0.3, 0.4) is 0 Å². The second-order valence-electron chi connectivity index (χ2n) is 5.52. The third-order valence-electron chi connectivity index (χ3n) is 4.27. The molecular weight excluding hydrogens is 246 g/mol. The highest BCUT2D eigenvalue weighted by molar-refractivity contribution is 5.85. The van der Waals surface area contributed by atoms with Gasteiger partial charge in [-0.15, -0.1) is 0 Å². The van der Waals surface area contributed by atoms with Crippen LogP contribution in [-0.4, -0.2) is 47.7 Å². The Hall–Kier alpha value is -1.10. The molecule has 2 rings (SSSR count). The first kappa shape index (κ1) is 14.3. The maximum atomic E-state index is 12.5. The van der Waals surface area contributed by atoms with Crippen LogP contribution in [0, 0.1) is 11.8 Å². The molecule has 0 bridgehead atoms. The molecule has 1 amide bonds. The first-order chi connectivity index (χ1) is 9.13. The minimum absolute atomic E-state index is 0.0221. The van der Waals surface area contributed by atoms with Gasteiger partial charge in [0.15, 0.2) is 0 Å². The summed E-state index contributed by atoms with van der Waals surface area (Å²) in [5.74, 6) is -1.62. The lowest BCUT2D eigenvalue weighted by Crippen LogP contribution is -2.42. The normalized spacial score (nSPS) is 32.1. The fourth-order valence-corrected chi connectivity index (χ4v) is 3.13. The van der Waals surface area contributed by atoms with Gasteiger partial charge in [0.1, 0.15) is 0 Å². The van der Waals surface area contributed by atoms with Gasteiger partial charge in [-0.2, -0.15) is 0 Å². The molecule has 1 heterocycles. The molecule has 0 aromatic heterocycles. The van der Waals surface area contributed by atoms with Crippen molar-refractivity contribution in [2.75, 3.05) is 19.7 Å². The molecule has 1 saturated heterocycles. The Bertz CT molecular complexity index is 344. The molecule has 5 heteroatoms. The zero-order valence-electron chi connectivity index (χ0n) is 11.5. The van der Waals surface area contributed by atoms with E-state index in [2.05, 4.69) is 0 Å². The monoisotopic (exact) mass is 269 g/mol. The van der Waals surface area contributed by atoms with Gasteiger partial charge in [0.25, 0.3) is 0 Å². The number of ether oxygens (including phenoxy) is 1. The van der Waals surface area contributed by atoms with Crippen LogP contribution in [0.4, 0.5) is 0 Å². The van der Waals surface area contributed by atoms with E-state index in [1.54, 1.807) is 0 Å². The minimum Gasteiger partial charge on any atom is -0.481 e. The lowest BCUT2D eigenvalue weighted by molar-refractivity contribution is -0.149. The van der Waals surface area contributed by atoms with Crippen molar-refractivity contribution in [1.82, 2.24) is 4.90 Å². The van der Waals surface area contributed by atoms with E-state index < -0.39 is 11.9 Å². The standard InChI is InChI=1S/C14H23NO4/c1-2-10-9-15(7-4-8-19-10)13(16)11-5-3-6-12(11)14(17)18/h10-12H,2-9H2,1H3,(H,17,18). The zero-order valence-corrected chi connectivity index (χ0v) is 11.5. The van der Waals surface area contributed by atoms with E-state index in [-0.39, 0.29) is 17.9 Å². The highest BCUT2D eigenvalue weighted by atomic mass is 16.5. The summed E-state index contributed by atoms with van der Waals surface area (Å²) in [4.78, 5) is 25.6. The first-order valence-corrected chi connectivity index (χ1v) is 7.26. The third kappa shape index (κ3) is 3.26. The van der Waals surface area contributed by atoms with Crippen LogP contribution in [0.25, 0.3) is 0 Å². The van der Waals surface area contributed by atoms with E-state index in [1.807, 2.05) is 11.8 Å². The fraction of sp³-hybridized carbons (Fsp3) is 0.857. The van der Waals surface area contributed by atoms with E-state index in [4.69, 9.17) is 4.74 Å². The predicted octanol–water partition coefficient (Wildman–Crippen LogP) is 1.51. The summed E-state index contributed by atoms with van der Waals surface area (Å²) in [7, 11) is 0. The molecule has 108 valence electrons. The third-order valence-corrected chi connectivity index (χ3v) is 4.27. The molecule has 0 aromatic carbocycles. The average Bonchev–Trinajstić information content (AvgIpc) is 2.76. The minimum atomic E-state index is -0.825. The Morgan fingerprint density at radius 2 is 2.00 bits per heavy atom. The van der Waals surface area contributed by atoms with Crippen molar-refractivity contribution >= 4 is 11.9 Å². The Balaban J connectivity index is 2.03. The quantitative estimate of drug-likeness (QED) is 0.843. The molecule has 5 nitrogen and oxygen atoms in total. The average molecular weight is 269 g/mol. The Morgan fingerprint density at radius 1 is 1.26 bits per heavy atom. The van der Waals surface area contributed by atoms with Crippen molar-refractivity contribution < 1.29 is 19.4 Å². The summed E-state index contributed by atoms with van der Waals surface area (Å²) in [5, 5.41) is 9.19. The molecule has 1 aliphatic carbocycles. The van der Waals surface area contributed by atoms with Gasteiger partial charge >= 0.3 is 5.97 Å². The van der Waals surface area contributed by atoms with E-state index in [0.29, 0.717) is 32.5 Å². The molecule has 3 atom stereocenters. The number of aliphatic carboxylic acids is 1. The molecule has 3 unspecified atom stereocenters. The maximum absolute atomic E-state index is 12.5. The highest BCUT2D eigenvalue weighted by Gasteiger charge is 2.40. The SMILES string of the molecule is CCC1CN(C(=O)C2CCCC2C(=O)O)CCCO1. The van der Waals surface area contributed by atoms with Gasteiger partial charge in [-0.3, -0.25) is 9.59 Å². The summed E-state index contributed by atoms with van der Waals surface area (Å²) >= 11 is 0. The van der Waals surface area contributed by atoms with E-state index in [0.717, 1.165) is 19.3 Å². The summed E-state index contributed by atoms with van der Waals surface area (Å²) in [6, 6.07) is 0. The van der Waals surface area contributed by atoms with Crippen LogP contribution in [0.5, 0.6) is 0 Å². The van der Waals surface area contributed by atoms with Crippen molar-refractivity contribution in [3.8, 4) is 0 Å². The van der Waals surface area contributed by atoms with Crippen LogP contribution < -0.4 is 0 Å². The summed E-state index contributed by atoms with van der Waals surface area (Å²) in [5.41, 5.74) is 0. The molecule has 19 heavy (non-hydrogen) atoms. The van der Waals surface area contributed by atoms with E-state index in [1.165, 1.54) is 0 Å². The van der Waals surface area contributed by atoms with Crippen LogP contribution >= 0.6 is 0 Å². The van der Waals surface area contributed by atoms with Crippen molar-refractivity contribution in [3.63, 3.8) is 0 Å². The van der Waals surface area contributed by atoms with Gasteiger partial charge in [-0.25, -0.2) is 0 Å². The molecule has 0 spiro atoms. The van der Waals surface area contributed by atoms with E-state index >= 15 is 0 Å². The van der Waals surface area contributed by atoms with Crippen LogP contribution in [0.15, 0.2) is 0 Å². The van der Waals surface area contributed by atoms with Crippen molar-refractivity contribution in [1.29, 1.82) is 0 Å². The van der Waals surface area contributed by atoms with Crippen molar-refractivity contribution in [3.05, 3.63) is 0 Å². The second kappa shape index (κ2) is 6.37.